The number of amides is 2. The van der Waals surface area contributed by atoms with Crippen LogP contribution in [0.4, 0.5) is 0 Å². The van der Waals surface area contributed by atoms with Crippen molar-refractivity contribution in [3.05, 3.63) is 0 Å². The van der Waals surface area contributed by atoms with E-state index >= 15 is 0 Å². The second-order valence-electron chi connectivity index (χ2n) is 8.46. The number of carbonyl (C=O) groups is 2. The molecule has 0 aromatic heterocycles. The first-order valence-corrected chi connectivity index (χ1v) is 10.6. The van der Waals surface area contributed by atoms with Crippen molar-refractivity contribution < 1.29 is 14.3 Å². The van der Waals surface area contributed by atoms with E-state index in [1.807, 2.05) is 4.90 Å². The molecular weight excluding hydrogens is 485 g/mol. The highest BCUT2D eigenvalue weighted by Crippen LogP contribution is 2.27. The third-order valence-electron chi connectivity index (χ3n) is 6.00. The molecule has 2 heterocycles. The number of nitrogens with zero attached hydrogens (tertiary/aromatic N) is 3. The molecule has 3 fully saturated rings. The molecule has 0 aromatic rings. The van der Waals surface area contributed by atoms with Gasteiger partial charge in [-0.15, -0.1) is 24.0 Å². The van der Waals surface area contributed by atoms with Crippen LogP contribution in [0.5, 0.6) is 0 Å². The molecule has 166 valence electrons. The summed E-state index contributed by atoms with van der Waals surface area (Å²) in [6, 6.07) is 0.172. The van der Waals surface area contributed by atoms with Gasteiger partial charge >= 0.3 is 0 Å². The molecule has 9 heteroatoms. The van der Waals surface area contributed by atoms with Gasteiger partial charge < -0.3 is 25.2 Å². The third-order valence-corrected chi connectivity index (χ3v) is 6.00. The van der Waals surface area contributed by atoms with Crippen molar-refractivity contribution in [1.29, 1.82) is 0 Å². The number of halogens is 1. The third kappa shape index (κ3) is 7.27. The van der Waals surface area contributed by atoms with Crippen LogP contribution in [0.25, 0.3) is 0 Å². The molecule has 1 aliphatic carbocycles. The highest BCUT2D eigenvalue weighted by Gasteiger charge is 2.32. The summed E-state index contributed by atoms with van der Waals surface area (Å²) in [7, 11) is 3.47. The zero-order valence-electron chi connectivity index (χ0n) is 17.7. The van der Waals surface area contributed by atoms with Gasteiger partial charge in [-0.25, -0.2) is 4.99 Å². The molecule has 1 saturated carbocycles. The van der Waals surface area contributed by atoms with Gasteiger partial charge in [0.15, 0.2) is 5.96 Å². The predicted molar refractivity (Wildman–Crippen MR) is 123 cm³/mol. The Morgan fingerprint density at radius 2 is 1.93 bits per heavy atom. The topological polar surface area (TPSA) is 86.3 Å². The van der Waals surface area contributed by atoms with Gasteiger partial charge in [0.2, 0.25) is 11.8 Å². The van der Waals surface area contributed by atoms with E-state index in [1.54, 1.807) is 19.0 Å². The van der Waals surface area contributed by atoms with Crippen LogP contribution in [-0.4, -0.2) is 87.1 Å². The zero-order chi connectivity index (χ0) is 19.9. The van der Waals surface area contributed by atoms with Crippen LogP contribution in [0.2, 0.25) is 0 Å². The summed E-state index contributed by atoms with van der Waals surface area (Å²) in [5.74, 6) is 1.64. The van der Waals surface area contributed by atoms with Crippen LogP contribution >= 0.6 is 24.0 Å². The Morgan fingerprint density at radius 1 is 1.17 bits per heavy atom. The van der Waals surface area contributed by atoms with E-state index in [1.165, 1.54) is 12.8 Å². The molecule has 3 aliphatic rings. The van der Waals surface area contributed by atoms with Crippen molar-refractivity contribution in [2.75, 3.05) is 53.5 Å². The number of carbonyl (C=O) groups excluding carboxylic acids is 2. The average Bonchev–Trinajstić information content (AvgIpc) is 3.45. The summed E-state index contributed by atoms with van der Waals surface area (Å²) in [5.41, 5.74) is 0. The van der Waals surface area contributed by atoms with Gasteiger partial charge in [0.25, 0.3) is 0 Å². The molecule has 2 aliphatic heterocycles. The quantitative estimate of drug-likeness (QED) is 0.310. The number of aliphatic imine (C=N–C) groups is 1. The molecule has 0 aromatic carbocycles. The summed E-state index contributed by atoms with van der Waals surface area (Å²) in [4.78, 5) is 32.6. The molecule has 3 rings (SSSR count). The number of likely N-dealkylation sites (N-methyl/N-ethyl adjacent to an activating group) is 1. The molecule has 0 spiro atoms. The Bertz CT molecular complexity index is 574. The molecular formula is C20H36IN5O3. The van der Waals surface area contributed by atoms with Crippen LogP contribution in [0.3, 0.4) is 0 Å². The van der Waals surface area contributed by atoms with Crippen molar-refractivity contribution >= 4 is 41.8 Å². The second kappa shape index (κ2) is 11.9. The normalized spacial score (nSPS) is 25.0. The van der Waals surface area contributed by atoms with Crippen molar-refractivity contribution in [3.8, 4) is 0 Å². The minimum absolute atomic E-state index is 0. The fraction of sp³-hybridized carbons (Fsp3) is 0.850. The molecule has 0 bridgehead atoms. The van der Waals surface area contributed by atoms with Crippen LogP contribution in [0.15, 0.2) is 4.99 Å². The Labute approximate surface area is 191 Å². The average molecular weight is 521 g/mol. The zero-order valence-corrected chi connectivity index (χ0v) is 20.0. The Kier molecular flexibility index (Phi) is 9.94. The highest BCUT2D eigenvalue weighted by molar-refractivity contribution is 14.0. The maximum absolute atomic E-state index is 12.7. The minimum Gasteiger partial charge on any atom is -0.381 e. The summed E-state index contributed by atoms with van der Waals surface area (Å²) in [6.45, 7) is 3.98. The summed E-state index contributed by atoms with van der Waals surface area (Å²) in [6.07, 6.45) is 6.39. The molecule has 0 radical (unpaired) electrons. The van der Waals surface area contributed by atoms with E-state index < -0.39 is 0 Å². The van der Waals surface area contributed by atoms with Crippen LogP contribution in [-0.2, 0) is 14.3 Å². The number of hydrogen-bond donors (Lipinski definition) is 2. The van der Waals surface area contributed by atoms with Gasteiger partial charge in [0, 0.05) is 58.2 Å². The van der Waals surface area contributed by atoms with Crippen molar-refractivity contribution in [2.45, 2.75) is 44.6 Å². The second-order valence-corrected chi connectivity index (χ2v) is 8.46. The maximum Gasteiger partial charge on any atom is 0.243 e. The summed E-state index contributed by atoms with van der Waals surface area (Å²) < 4.78 is 5.44. The van der Waals surface area contributed by atoms with Gasteiger partial charge in [-0.3, -0.25) is 9.59 Å². The fourth-order valence-corrected chi connectivity index (χ4v) is 4.13. The monoisotopic (exact) mass is 521 g/mol. The molecule has 2 unspecified atom stereocenters. The van der Waals surface area contributed by atoms with Crippen molar-refractivity contribution in [1.82, 2.24) is 20.4 Å². The summed E-state index contributed by atoms with van der Waals surface area (Å²) >= 11 is 0. The van der Waals surface area contributed by atoms with Gasteiger partial charge in [-0.2, -0.15) is 0 Å². The number of nitrogens with one attached hydrogen (secondary N) is 2. The number of likely N-dealkylation sites (tertiary alicyclic amines) is 1. The van der Waals surface area contributed by atoms with E-state index in [-0.39, 0.29) is 48.4 Å². The van der Waals surface area contributed by atoms with Gasteiger partial charge in [0.05, 0.1) is 6.61 Å². The lowest BCUT2D eigenvalue weighted by atomic mass is 10.1. The SMILES string of the molecule is CN(C)C(=O)CN=C(NCC1CCOC1)NC1CCN(C(=O)C2CCCC2)C1.I. The van der Waals surface area contributed by atoms with Crippen molar-refractivity contribution in [2.24, 2.45) is 16.8 Å². The Hall–Kier alpha value is -1.10. The molecule has 2 saturated heterocycles. The predicted octanol–water partition coefficient (Wildman–Crippen LogP) is 1.06. The lowest BCUT2D eigenvalue weighted by molar-refractivity contribution is -0.134. The maximum atomic E-state index is 12.7. The number of rotatable bonds is 6. The smallest absolute Gasteiger partial charge is 0.243 e. The first-order valence-electron chi connectivity index (χ1n) is 10.6. The minimum atomic E-state index is -0.0326. The Balaban J connectivity index is 0.00000300. The van der Waals surface area contributed by atoms with E-state index in [0.29, 0.717) is 24.3 Å². The van der Waals surface area contributed by atoms with E-state index in [9.17, 15) is 9.59 Å². The van der Waals surface area contributed by atoms with E-state index in [4.69, 9.17) is 4.74 Å². The molecule has 2 N–H and O–H groups in total. The van der Waals surface area contributed by atoms with Gasteiger partial charge in [0.1, 0.15) is 6.54 Å². The van der Waals surface area contributed by atoms with E-state index in [0.717, 1.165) is 52.0 Å². The van der Waals surface area contributed by atoms with E-state index in [2.05, 4.69) is 15.6 Å². The molecule has 2 amide bonds. The molecule has 2 atom stereocenters. The lowest BCUT2D eigenvalue weighted by Gasteiger charge is -2.22. The first-order chi connectivity index (χ1) is 13.5. The van der Waals surface area contributed by atoms with Crippen molar-refractivity contribution in [3.63, 3.8) is 0 Å². The fourth-order valence-electron chi connectivity index (χ4n) is 4.13. The standard InChI is InChI=1S/C20H35N5O3.HI/c1-24(2)18(26)12-22-20(21-11-15-8-10-28-14-15)23-17-7-9-25(13-17)19(27)16-5-3-4-6-16;/h15-17H,3-14H2,1-2H3,(H2,21,22,23);1H. The first kappa shape index (κ1) is 24.2. The molecule has 29 heavy (non-hydrogen) atoms. The lowest BCUT2D eigenvalue weighted by Crippen LogP contribution is -2.47. The molecule has 8 nitrogen and oxygen atoms in total. The number of guanidine groups is 1. The van der Waals surface area contributed by atoms with Crippen LogP contribution < -0.4 is 10.6 Å². The van der Waals surface area contributed by atoms with Gasteiger partial charge in [-0.05, 0) is 25.7 Å². The largest absolute Gasteiger partial charge is 0.381 e. The summed E-state index contributed by atoms with van der Waals surface area (Å²) in [5, 5.41) is 6.81. The Morgan fingerprint density at radius 3 is 2.59 bits per heavy atom. The van der Waals surface area contributed by atoms with Crippen LogP contribution in [0.1, 0.15) is 38.5 Å². The highest BCUT2D eigenvalue weighted by atomic mass is 127. The number of hydrogen-bond acceptors (Lipinski definition) is 4. The van der Waals surface area contributed by atoms with Crippen LogP contribution in [0, 0.1) is 11.8 Å². The number of ether oxygens (including phenoxy) is 1. The van der Waals surface area contributed by atoms with Gasteiger partial charge in [-0.1, -0.05) is 12.8 Å².